The van der Waals surface area contributed by atoms with Crippen LogP contribution in [0.3, 0.4) is 0 Å². The molecule has 1 saturated heterocycles. The molecule has 0 spiro atoms. The van der Waals surface area contributed by atoms with Gasteiger partial charge >= 0.3 is 6.18 Å². The van der Waals surface area contributed by atoms with Gasteiger partial charge in [-0.25, -0.2) is 0 Å². The van der Waals surface area contributed by atoms with Gasteiger partial charge in [0.2, 0.25) is 0 Å². The van der Waals surface area contributed by atoms with Gasteiger partial charge in [-0.05, 0) is 56.7 Å². The zero-order valence-corrected chi connectivity index (χ0v) is 14.7. The van der Waals surface area contributed by atoms with Gasteiger partial charge in [0.15, 0.2) is 0 Å². The van der Waals surface area contributed by atoms with Crippen molar-refractivity contribution in [2.75, 3.05) is 32.7 Å². The van der Waals surface area contributed by atoms with Crippen LogP contribution in [0.5, 0.6) is 0 Å². The Morgan fingerprint density at radius 1 is 1.24 bits per heavy atom. The SMILES string of the molecule is O=C(c1cc(I)ccc1Br)N1CCN(CC(F)(F)F)CC1. The Kier molecular flexibility index (Phi) is 5.53. The molecule has 0 radical (unpaired) electrons. The maximum Gasteiger partial charge on any atom is 0.401 e. The molecule has 3 nitrogen and oxygen atoms in total. The van der Waals surface area contributed by atoms with Crippen LogP contribution in [0.15, 0.2) is 22.7 Å². The van der Waals surface area contributed by atoms with Crippen molar-refractivity contribution in [3.63, 3.8) is 0 Å². The van der Waals surface area contributed by atoms with Crippen LogP contribution in [0.1, 0.15) is 10.4 Å². The van der Waals surface area contributed by atoms with Crippen molar-refractivity contribution in [3.05, 3.63) is 31.8 Å². The molecule has 1 aliphatic rings. The second kappa shape index (κ2) is 6.82. The molecule has 21 heavy (non-hydrogen) atoms. The molecule has 1 fully saturated rings. The average Bonchev–Trinajstić information content (AvgIpc) is 2.40. The highest BCUT2D eigenvalue weighted by Crippen LogP contribution is 2.22. The third-order valence-electron chi connectivity index (χ3n) is 3.22. The zero-order chi connectivity index (χ0) is 15.6. The lowest BCUT2D eigenvalue weighted by atomic mass is 10.2. The van der Waals surface area contributed by atoms with Gasteiger partial charge in [-0.15, -0.1) is 0 Å². The summed E-state index contributed by atoms with van der Waals surface area (Å²) in [6.07, 6.45) is -4.19. The van der Waals surface area contributed by atoms with Crippen LogP contribution in [0, 0.1) is 3.57 Å². The Labute approximate surface area is 142 Å². The van der Waals surface area contributed by atoms with E-state index in [4.69, 9.17) is 0 Å². The smallest absolute Gasteiger partial charge is 0.336 e. The minimum Gasteiger partial charge on any atom is -0.336 e. The van der Waals surface area contributed by atoms with Crippen molar-refractivity contribution in [2.24, 2.45) is 0 Å². The third kappa shape index (κ3) is 4.82. The first-order chi connectivity index (χ1) is 9.76. The number of piperazine rings is 1. The summed E-state index contributed by atoms with van der Waals surface area (Å²) < 4.78 is 38.6. The molecular formula is C13H13BrF3IN2O. The van der Waals surface area contributed by atoms with Crippen molar-refractivity contribution in [1.29, 1.82) is 0 Å². The minimum absolute atomic E-state index is 0.146. The molecule has 0 unspecified atom stereocenters. The lowest BCUT2D eigenvalue weighted by Crippen LogP contribution is -2.51. The zero-order valence-electron chi connectivity index (χ0n) is 11.0. The molecule has 0 aliphatic carbocycles. The molecule has 0 aromatic heterocycles. The molecule has 0 atom stereocenters. The number of carbonyl (C=O) groups is 1. The van der Waals surface area contributed by atoms with Gasteiger partial charge in [-0.2, -0.15) is 13.2 Å². The van der Waals surface area contributed by atoms with E-state index in [-0.39, 0.29) is 19.0 Å². The fraction of sp³-hybridized carbons (Fsp3) is 0.462. The Balaban J connectivity index is 1.99. The van der Waals surface area contributed by atoms with E-state index in [2.05, 4.69) is 38.5 Å². The molecule has 0 saturated carbocycles. The number of hydrogen-bond acceptors (Lipinski definition) is 2. The Bertz CT molecular complexity index is 531. The van der Waals surface area contributed by atoms with Crippen LogP contribution in [0.4, 0.5) is 13.2 Å². The van der Waals surface area contributed by atoms with Crippen molar-refractivity contribution in [2.45, 2.75) is 6.18 Å². The Morgan fingerprint density at radius 2 is 1.86 bits per heavy atom. The second-order valence-corrected chi connectivity index (χ2v) is 6.91. The number of carbonyl (C=O) groups excluding carboxylic acids is 1. The van der Waals surface area contributed by atoms with E-state index in [1.165, 1.54) is 4.90 Å². The standard InChI is InChI=1S/C13H13BrF3IN2O/c14-11-2-1-9(18)7-10(11)12(21)20-5-3-19(4-6-20)8-13(15,16)17/h1-2,7H,3-6,8H2. The molecule has 1 amide bonds. The first-order valence-corrected chi connectivity index (χ1v) is 8.17. The van der Waals surface area contributed by atoms with Crippen molar-refractivity contribution >= 4 is 44.4 Å². The molecule has 0 N–H and O–H groups in total. The molecule has 2 rings (SSSR count). The number of benzene rings is 1. The van der Waals surface area contributed by atoms with Crippen LogP contribution in [-0.2, 0) is 0 Å². The molecule has 8 heteroatoms. The van der Waals surface area contributed by atoms with Crippen molar-refractivity contribution in [3.8, 4) is 0 Å². The van der Waals surface area contributed by atoms with Crippen molar-refractivity contribution in [1.82, 2.24) is 9.80 Å². The monoisotopic (exact) mass is 476 g/mol. The largest absolute Gasteiger partial charge is 0.401 e. The van der Waals surface area contributed by atoms with Crippen LogP contribution in [-0.4, -0.2) is 54.6 Å². The number of rotatable bonds is 2. The molecule has 1 aliphatic heterocycles. The molecule has 0 bridgehead atoms. The van der Waals surface area contributed by atoms with E-state index >= 15 is 0 Å². The molecule has 116 valence electrons. The van der Waals surface area contributed by atoms with Gasteiger partial charge in [0, 0.05) is 34.2 Å². The fourth-order valence-electron chi connectivity index (χ4n) is 2.19. The van der Waals surface area contributed by atoms with Crippen LogP contribution < -0.4 is 0 Å². The highest BCUT2D eigenvalue weighted by atomic mass is 127. The van der Waals surface area contributed by atoms with Gasteiger partial charge in [-0.1, -0.05) is 0 Å². The number of nitrogens with zero attached hydrogens (tertiary/aromatic N) is 2. The average molecular weight is 477 g/mol. The first kappa shape index (κ1) is 17.0. The maximum atomic E-state index is 12.4. The van der Waals surface area contributed by atoms with Gasteiger partial charge in [0.1, 0.15) is 0 Å². The summed E-state index contributed by atoms with van der Waals surface area (Å²) in [5.41, 5.74) is 0.547. The summed E-state index contributed by atoms with van der Waals surface area (Å²) in [4.78, 5) is 15.3. The van der Waals surface area contributed by atoms with Crippen LogP contribution in [0.25, 0.3) is 0 Å². The summed E-state index contributed by atoms with van der Waals surface area (Å²) in [5.74, 6) is -0.146. The molecule has 1 aromatic rings. The van der Waals surface area contributed by atoms with E-state index in [0.717, 1.165) is 3.57 Å². The predicted molar refractivity (Wildman–Crippen MR) is 85.3 cm³/mol. The maximum absolute atomic E-state index is 12.4. The van der Waals surface area contributed by atoms with Gasteiger partial charge < -0.3 is 4.90 Å². The van der Waals surface area contributed by atoms with Gasteiger partial charge in [0.05, 0.1) is 12.1 Å². The molecule has 1 heterocycles. The van der Waals surface area contributed by atoms with E-state index in [1.54, 1.807) is 17.0 Å². The molecular weight excluding hydrogens is 464 g/mol. The summed E-state index contributed by atoms with van der Waals surface area (Å²) in [5, 5.41) is 0. The lowest BCUT2D eigenvalue weighted by molar-refractivity contribution is -0.148. The summed E-state index contributed by atoms with van der Waals surface area (Å²) in [6, 6.07) is 5.45. The van der Waals surface area contributed by atoms with Crippen LogP contribution >= 0.6 is 38.5 Å². The summed E-state index contributed by atoms with van der Waals surface area (Å²) in [6.45, 7) is 0.196. The minimum atomic E-state index is -4.19. The summed E-state index contributed by atoms with van der Waals surface area (Å²) in [7, 11) is 0. The highest BCUT2D eigenvalue weighted by molar-refractivity contribution is 14.1. The Hall–Kier alpha value is -0.350. The first-order valence-electron chi connectivity index (χ1n) is 6.30. The normalized spacial score (nSPS) is 17.1. The third-order valence-corrected chi connectivity index (χ3v) is 4.58. The fourth-order valence-corrected chi connectivity index (χ4v) is 3.10. The predicted octanol–water partition coefficient (Wildman–Crippen LogP) is 3.37. The topological polar surface area (TPSA) is 23.6 Å². The van der Waals surface area contributed by atoms with Gasteiger partial charge in [-0.3, -0.25) is 9.69 Å². The summed E-state index contributed by atoms with van der Waals surface area (Å²) >= 11 is 5.46. The number of alkyl halides is 3. The van der Waals surface area contributed by atoms with Crippen molar-refractivity contribution < 1.29 is 18.0 Å². The van der Waals surface area contributed by atoms with Crippen LogP contribution in [0.2, 0.25) is 0 Å². The lowest BCUT2D eigenvalue weighted by Gasteiger charge is -2.35. The quantitative estimate of drug-likeness (QED) is 0.611. The van der Waals surface area contributed by atoms with E-state index in [9.17, 15) is 18.0 Å². The Morgan fingerprint density at radius 3 is 2.43 bits per heavy atom. The van der Waals surface area contributed by atoms with E-state index < -0.39 is 12.7 Å². The molecule has 1 aromatic carbocycles. The number of halogens is 5. The van der Waals surface area contributed by atoms with Gasteiger partial charge in [0.25, 0.3) is 5.91 Å². The second-order valence-electron chi connectivity index (χ2n) is 4.81. The van der Waals surface area contributed by atoms with E-state index in [0.29, 0.717) is 23.1 Å². The number of amides is 1. The van der Waals surface area contributed by atoms with E-state index in [1.807, 2.05) is 6.07 Å². The number of hydrogen-bond donors (Lipinski definition) is 0. The highest BCUT2D eigenvalue weighted by Gasteiger charge is 2.33.